The summed E-state index contributed by atoms with van der Waals surface area (Å²) in [7, 11) is 3.20. The van der Waals surface area contributed by atoms with Crippen LogP contribution in [0.5, 0.6) is 5.75 Å². The van der Waals surface area contributed by atoms with Crippen LogP contribution in [0.15, 0.2) is 36.4 Å². The van der Waals surface area contributed by atoms with Crippen LogP contribution in [0.2, 0.25) is 5.02 Å². The number of likely N-dealkylation sites (N-methyl/N-ethyl adjacent to an activating group) is 1. The van der Waals surface area contributed by atoms with Crippen molar-refractivity contribution in [3.8, 4) is 5.75 Å². The van der Waals surface area contributed by atoms with Gasteiger partial charge in [-0.3, -0.25) is 0 Å². The molecule has 0 spiro atoms. The number of hydrogen-bond acceptors (Lipinski definition) is 2. The smallest absolute Gasteiger partial charge is 0.131 e. The van der Waals surface area contributed by atoms with Crippen LogP contribution in [-0.2, 0) is 6.42 Å². The van der Waals surface area contributed by atoms with Gasteiger partial charge in [-0.05, 0) is 49.4 Å². The van der Waals surface area contributed by atoms with Gasteiger partial charge in [0.1, 0.15) is 17.4 Å². The molecule has 0 saturated carbocycles. The lowest BCUT2D eigenvalue weighted by molar-refractivity contribution is 0.393. The lowest BCUT2D eigenvalue weighted by atomic mass is 9.97. The van der Waals surface area contributed by atoms with E-state index in [1.165, 1.54) is 31.4 Å². The summed E-state index contributed by atoms with van der Waals surface area (Å²) in [4.78, 5) is 0. The van der Waals surface area contributed by atoms with Crippen LogP contribution in [0, 0.1) is 11.6 Å². The minimum Gasteiger partial charge on any atom is -0.496 e. The van der Waals surface area contributed by atoms with Crippen molar-refractivity contribution in [2.45, 2.75) is 12.5 Å². The number of halogens is 3. The van der Waals surface area contributed by atoms with Crippen LogP contribution in [0.4, 0.5) is 8.78 Å². The summed E-state index contributed by atoms with van der Waals surface area (Å²) in [6.07, 6.45) is 0.352. The van der Waals surface area contributed by atoms with Gasteiger partial charge in [-0.25, -0.2) is 8.78 Å². The number of ether oxygens (including phenoxy) is 1. The summed E-state index contributed by atoms with van der Waals surface area (Å²) >= 11 is 6.08. The molecule has 0 heterocycles. The molecule has 0 aliphatic heterocycles. The molecule has 2 nitrogen and oxygen atoms in total. The summed E-state index contributed by atoms with van der Waals surface area (Å²) < 4.78 is 32.7. The van der Waals surface area contributed by atoms with E-state index >= 15 is 0 Å². The maximum Gasteiger partial charge on any atom is 0.131 e. The average Bonchev–Trinajstić information content (AvgIpc) is 2.48. The minimum absolute atomic E-state index is 0.352. The van der Waals surface area contributed by atoms with E-state index in [0.29, 0.717) is 28.3 Å². The topological polar surface area (TPSA) is 21.3 Å². The fourth-order valence-electron chi connectivity index (χ4n) is 2.30. The maximum absolute atomic E-state index is 14.1. The Morgan fingerprint density at radius 1 is 1.24 bits per heavy atom. The van der Waals surface area contributed by atoms with Crippen molar-refractivity contribution in [2.24, 2.45) is 0 Å². The van der Waals surface area contributed by atoms with E-state index in [-0.39, 0.29) is 17.7 Å². The zero-order chi connectivity index (χ0) is 15.4. The average molecular weight is 312 g/mol. The summed E-state index contributed by atoms with van der Waals surface area (Å²) in [6.45, 7) is 0. The van der Waals surface area contributed by atoms with Gasteiger partial charge in [0.05, 0.1) is 7.11 Å². The molecule has 5 heteroatoms. The van der Waals surface area contributed by atoms with Crippen molar-refractivity contribution < 1.29 is 13.5 Å². The van der Waals surface area contributed by atoms with E-state index in [1.54, 1.807) is 19.2 Å². The van der Waals surface area contributed by atoms with Gasteiger partial charge in [-0.2, -0.15) is 0 Å². The molecule has 0 amide bonds. The fourth-order valence-corrected chi connectivity index (χ4v) is 2.50. The highest BCUT2D eigenvalue weighted by Gasteiger charge is 2.20. The summed E-state index contributed by atoms with van der Waals surface area (Å²) in [6, 6.07) is 8.42. The molecule has 1 atom stereocenters. The maximum atomic E-state index is 14.1. The third-order valence-corrected chi connectivity index (χ3v) is 3.73. The normalized spacial score (nSPS) is 12.2. The Kier molecular flexibility index (Phi) is 5.15. The largest absolute Gasteiger partial charge is 0.496 e. The Bertz CT molecular complexity index is 634. The van der Waals surface area contributed by atoms with Crippen LogP contribution in [0.25, 0.3) is 0 Å². The number of rotatable bonds is 5. The molecular formula is C16H16ClF2NO. The number of nitrogens with one attached hydrogen (secondary N) is 1. The Labute approximate surface area is 127 Å². The first-order valence-electron chi connectivity index (χ1n) is 6.50. The lowest BCUT2D eigenvalue weighted by Gasteiger charge is -2.20. The molecule has 0 aliphatic carbocycles. The zero-order valence-corrected chi connectivity index (χ0v) is 12.5. The molecule has 0 aliphatic rings. The number of hydrogen-bond donors (Lipinski definition) is 1. The Morgan fingerprint density at radius 3 is 2.67 bits per heavy atom. The highest BCUT2D eigenvalue weighted by Crippen LogP contribution is 2.31. The quantitative estimate of drug-likeness (QED) is 0.896. The Hall–Kier alpha value is -1.65. The van der Waals surface area contributed by atoms with Crippen molar-refractivity contribution in [1.82, 2.24) is 5.32 Å². The van der Waals surface area contributed by atoms with Crippen molar-refractivity contribution in [3.05, 3.63) is 64.2 Å². The molecule has 112 valence electrons. The Morgan fingerprint density at radius 2 is 2.00 bits per heavy atom. The lowest BCUT2D eigenvalue weighted by Crippen LogP contribution is -2.21. The van der Waals surface area contributed by atoms with Gasteiger partial charge < -0.3 is 10.1 Å². The molecule has 2 aromatic rings. The van der Waals surface area contributed by atoms with Crippen LogP contribution in [0.3, 0.4) is 0 Å². The van der Waals surface area contributed by atoms with Gasteiger partial charge >= 0.3 is 0 Å². The van der Waals surface area contributed by atoms with E-state index in [2.05, 4.69) is 5.32 Å². The van der Waals surface area contributed by atoms with Crippen LogP contribution in [0.1, 0.15) is 17.2 Å². The van der Waals surface area contributed by atoms with Gasteiger partial charge in [0.25, 0.3) is 0 Å². The Balaban J connectivity index is 2.39. The van der Waals surface area contributed by atoms with E-state index in [1.807, 2.05) is 0 Å². The van der Waals surface area contributed by atoms with Crippen LogP contribution >= 0.6 is 11.6 Å². The molecule has 2 rings (SSSR count). The number of benzene rings is 2. The molecule has 1 unspecified atom stereocenters. The second-order valence-electron chi connectivity index (χ2n) is 4.64. The number of methoxy groups -OCH3 is 1. The van der Waals surface area contributed by atoms with Crippen LogP contribution < -0.4 is 10.1 Å². The molecular weight excluding hydrogens is 296 g/mol. The molecule has 0 radical (unpaired) electrons. The fraction of sp³-hybridized carbons (Fsp3) is 0.250. The van der Waals surface area contributed by atoms with Gasteiger partial charge in [-0.15, -0.1) is 0 Å². The van der Waals surface area contributed by atoms with Gasteiger partial charge in [0.2, 0.25) is 0 Å². The second kappa shape index (κ2) is 6.87. The standard InChI is InChI=1S/C16H16ClF2NO/c1-20-14(9-10-8-11(18)6-7-12(10)17)16-13(19)4-3-5-15(16)21-2/h3-8,14,20H,9H2,1-2H3. The van der Waals surface area contributed by atoms with Crippen molar-refractivity contribution >= 4 is 11.6 Å². The zero-order valence-electron chi connectivity index (χ0n) is 11.8. The van der Waals surface area contributed by atoms with Gasteiger partial charge in [0.15, 0.2) is 0 Å². The second-order valence-corrected chi connectivity index (χ2v) is 5.04. The van der Waals surface area contributed by atoms with E-state index in [4.69, 9.17) is 16.3 Å². The van der Waals surface area contributed by atoms with Crippen molar-refractivity contribution in [1.29, 1.82) is 0 Å². The van der Waals surface area contributed by atoms with Gasteiger partial charge in [-0.1, -0.05) is 17.7 Å². The first kappa shape index (κ1) is 15.7. The van der Waals surface area contributed by atoms with Crippen molar-refractivity contribution in [2.75, 3.05) is 14.2 Å². The van der Waals surface area contributed by atoms with Gasteiger partial charge in [0, 0.05) is 16.6 Å². The van der Waals surface area contributed by atoms with E-state index < -0.39 is 0 Å². The summed E-state index contributed by atoms with van der Waals surface area (Å²) in [5.41, 5.74) is 1.02. The minimum atomic E-state index is -0.375. The van der Waals surface area contributed by atoms with Crippen molar-refractivity contribution in [3.63, 3.8) is 0 Å². The molecule has 0 saturated heterocycles. The SMILES string of the molecule is CNC(Cc1cc(F)ccc1Cl)c1c(F)cccc1OC. The molecule has 21 heavy (non-hydrogen) atoms. The summed E-state index contributed by atoms with van der Waals surface area (Å²) in [5.74, 6) is -0.298. The predicted molar refractivity (Wildman–Crippen MR) is 79.9 cm³/mol. The molecule has 0 aromatic heterocycles. The highest BCUT2D eigenvalue weighted by atomic mass is 35.5. The third-order valence-electron chi connectivity index (χ3n) is 3.36. The molecule has 1 N–H and O–H groups in total. The first-order valence-corrected chi connectivity index (χ1v) is 6.88. The van der Waals surface area contributed by atoms with E-state index in [0.717, 1.165) is 0 Å². The molecule has 0 fully saturated rings. The van der Waals surface area contributed by atoms with E-state index in [9.17, 15) is 8.78 Å². The first-order chi connectivity index (χ1) is 10.1. The monoisotopic (exact) mass is 311 g/mol. The molecule has 2 aromatic carbocycles. The predicted octanol–water partition coefficient (Wildman–Crippen LogP) is 4.13. The van der Waals surface area contributed by atoms with Crippen LogP contribution in [-0.4, -0.2) is 14.2 Å². The summed E-state index contributed by atoms with van der Waals surface area (Å²) in [5, 5.41) is 3.48. The third kappa shape index (κ3) is 3.52. The highest BCUT2D eigenvalue weighted by molar-refractivity contribution is 6.31. The molecule has 0 bridgehead atoms.